The Labute approximate surface area is 122 Å². The minimum atomic E-state index is -0.319. The van der Waals surface area contributed by atoms with Crippen LogP contribution < -0.4 is 10.1 Å². The number of benzene rings is 2. The third kappa shape index (κ3) is 3.35. The standard InChI is InChI=1S/C15H16ClNO3/c1-20-12-4-2-3-11(8-12)17-14(9-18)10-5-6-15(19)13(16)7-10/h2-8,14,17-19H,9H2,1H3. The van der Waals surface area contributed by atoms with Crippen LogP contribution in [0.1, 0.15) is 11.6 Å². The molecule has 0 aliphatic heterocycles. The van der Waals surface area contributed by atoms with Gasteiger partial charge in [-0.25, -0.2) is 0 Å². The summed E-state index contributed by atoms with van der Waals surface area (Å²) in [4.78, 5) is 0. The highest BCUT2D eigenvalue weighted by Gasteiger charge is 2.12. The van der Waals surface area contributed by atoms with Crippen molar-refractivity contribution in [2.24, 2.45) is 0 Å². The first-order valence-electron chi connectivity index (χ1n) is 6.14. The van der Waals surface area contributed by atoms with Crippen molar-refractivity contribution in [3.8, 4) is 11.5 Å². The molecule has 1 unspecified atom stereocenters. The highest BCUT2D eigenvalue weighted by Crippen LogP contribution is 2.28. The Kier molecular flexibility index (Phi) is 4.71. The molecule has 0 bridgehead atoms. The van der Waals surface area contributed by atoms with Crippen LogP contribution in [-0.4, -0.2) is 23.9 Å². The van der Waals surface area contributed by atoms with E-state index in [1.807, 2.05) is 24.3 Å². The number of aromatic hydroxyl groups is 1. The molecular formula is C15H16ClNO3. The van der Waals surface area contributed by atoms with E-state index in [-0.39, 0.29) is 23.4 Å². The zero-order valence-corrected chi connectivity index (χ0v) is 11.8. The minimum Gasteiger partial charge on any atom is -0.506 e. The van der Waals surface area contributed by atoms with Crippen molar-refractivity contribution >= 4 is 17.3 Å². The molecule has 2 aromatic carbocycles. The Bertz CT molecular complexity index is 589. The predicted octanol–water partition coefficient (Wildman–Crippen LogP) is 3.20. The van der Waals surface area contributed by atoms with Crippen LogP contribution in [0.5, 0.6) is 11.5 Å². The molecule has 5 heteroatoms. The molecule has 2 rings (SSSR count). The van der Waals surface area contributed by atoms with Crippen LogP contribution in [0.25, 0.3) is 0 Å². The molecule has 0 fully saturated rings. The van der Waals surface area contributed by atoms with E-state index in [1.54, 1.807) is 19.2 Å². The van der Waals surface area contributed by atoms with Crippen LogP contribution in [0.3, 0.4) is 0 Å². The van der Waals surface area contributed by atoms with Gasteiger partial charge in [-0.3, -0.25) is 0 Å². The number of methoxy groups -OCH3 is 1. The monoisotopic (exact) mass is 293 g/mol. The van der Waals surface area contributed by atoms with E-state index < -0.39 is 0 Å². The van der Waals surface area contributed by atoms with Gasteiger partial charge in [0.15, 0.2) is 0 Å². The van der Waals surface area contributed by atoms with Gasteiger partial charge in [0.2, 0.25) is 0 Å². The molecular weight excluding hydrogens is 278 g/mol. The Morgan fingerprint density at radius 1 is 1.25 bits per heavy atom. The summed E-state index contributed by atoms with van der Waals surface area (Å²) >= 11 is 5.89. The number of anilines is 1. The van der Waals surface area contributed by atoms with E-state index in [1.165, 1.54) is 6.07 Å². The van der Waals surface area contributed by atoms with E-state index in [0.717, 1.165) is 17.0 Å². The fourth-order valence-electron chi connectivity index (χ4n) is 1.89. The fourth-order valence-corrected chi connectivity index (χ4v) is 2.08. The molecule has 20 heavy (non-hydrogen) atoms. The van der Waals surface area contributed by atoms with E-state index in [0.29, 0.717) is 0 Å². The molecule has 2 aromatic rings. The number of halogens is 1. The Morgan fingerprint density at radius 2 is 2.05 bits per heavy atom. The van der Waals surface area contributed by atoms with Gasteiger partial charge in [-0.15, -0.1) is 0 Å². The second-order valence-electron chi connectivity index (χ2n) is 4.32. The summed E-state index contributed by atoms with van der Waals surface area (Å²) in [6.45, 7) is -0.0989. The molecule has 4 nitrogen and oxygen atoms in total. The van der Waals surface area contributed by atoms with Crippen molar-refractivity contribution in [3.05, 3.63) is 53.1 Å². The highest BCUT2D eigenvalue weighted by atomic mass is 35.5. The molecule has 0 aromatic heterocycles. The molecule has 0 aliphatic rings. The van der Waals surface area contributed by atoms with Crippen LogP contribution in [0, 0.1) is 0 Å². The third-order valence-electron chi connectivity index (χ3n) is 2.97. The Balaban J connectivity index is 2.21. The van der Waals surface area contributed by atoms with Crippen molar-refractivity contribution in [1.82, 2.24) is 0 Å². The lowest BCUT2D eigenvalue weighted by Gasteiger charge is -2.19. The van der Waals surface area contributed by atoms with Crippen LogP contribution in [0.2, 0.25) is 5.02 Å². The molecule has 0 aliphatic carbocycles. The van der Waals surface area contributed by atoms with Crippen molar-refractivity contribution in [3.63, 3.8) is 0 Å². The van der Waals surface area contributed by atoms with Crippen LogP contribution in [-0.2, 0) is 0 Å². The first-order chi connectivity index (χ1) is 9.63. The molecule has 0 saturated carbocycles. The van der Waals surface area contributed by atoms with Crippen LogP contribution in [0.4, 0.5) is 5.69 Å². The van der Waals surface area contributed by atoms with Gasteiger partial charge < -0.3 is 20.3 Å². The molecule has 106 valence electrons. The summed E-state index contributed by atoms with van der Waals surface area (Å²) in [7, 11) is 1.60. The summed E-state index contributed by atoms with van der Waals surface area (Å²) in [6, 6.07) is 12.0. The number of nitrogens with one attached hydrogen (secondary N) is 1. The molecule has 0 heterocycles. The fraction of sp³-hybridized carbons (Fsp3) is 0.200. The SMILES string of the molecule is COc1cccc(NC(CO)c2ccc(O)c(Cl)c2)c1. The second kappa shape index (κ2) is 6.50. The van der Waals surface area contributed by atoms with E-state index >= 15 is 0 Å². The summed E-state index contributed by atoms with van der Waals surface area (Å²) in [6.07, 6.45) is 0. The number of ether oxygens (including phenoxy) is 1. The minimum absolute atomic E-state index is 0.0217. The topological polar surface area (TPSA) is 61.7 Å². The number of hydrogen-bond acceptors (Lipinski definition) is 4. The van der Waals surface area contributed by atoms with Gasteiger partial charge in [-0.1, -0.05) is 23.7 Å². The molecule has 0 amide bonds. The molecule has 0 saturated heterocycles. The number of hydrogen-bond donors (Lipinski definition) is 3. The lowest BCUT2D eigenvalue weighted by Crippen LogP contribution is -2.14. The zero-order chi connectivity index (χ0) is 14.5. The lowest BCUT2D eigenvalue weighted by atomic mass is 10.1. The van der Waals surface area contributed by atoms with E-state index in [9.17, 15) is 10.2 Å². The largest absolute Gasteiger partial charge is 0.506 e. The molecule has 3 N–H and O–H groups in total. The third-order valence-corrected chi connectivity index (χ3v) is 3.27. The summed E-state index contributed by atoms with van der Waals surface area (Å²) in [5, 5.41) is 22.4. The molecule has 0 radical (unpaired) electrons. The van der Waals surface area contributed by atoms with Crippen LogP contribution >= 0.6 is 11.6 Å². The number of rotatable bonds is 5. The number of phenolic OH excluding ortho intramolecular Hbond substituents is 1. The zero-order valence-electron chi connectivity index (χ0n) is 11.0. The summed E-state index contributed by atoms with van der Waals surface area (Å²) in [5.74, 6) is 0.754. The maximum absolute atomic E-state index is 9.53. The number of phenols is 1. The summed E-state index contributed by atoms with van der Waals surface area (Å²) in [5.41, 5.74) is 1.62. The normalized spacial score (nSPS) is 11.9. The molecule has 0 spiro atoms. The van der Waals surface area contributed by atoms with Gasteiger partial charge in [-0.05, 0) is 29.8 Å². The average Bonchev–Trinajstić information content (AvgIpc) is 2.48. The smallest absolute Gasteiger partial charge is 0.134 e. The van der Waals surface area contributed by atoms with Gasteiger partial charge in [0.05, 0.1) is 24.8 Å². The van der Waals surface area contributed by atoms with Gasteiger partial charge in [0, 0.05) is 11.8 Å². The quantitative estimate of drug-likeness (QED) is 0.792. The molecule has 1 atom stereocenters. The van der Waals surface area contributed by atoms with Crippen LogP contribution in [0.15, 0.2) is 42.5 Å². The van der Waals surface area contributed by atoms with Crippen molar-refractivity contribution in [2.75, 3.05) is 19.0 Å². The van der Waals surface area contributed by atoms with Crippen molar-refractivity contribution in [2.45, 2.75) is 6.04 Å². The maximum Gasteiger partial charge on any atom is 0.134 e. The van der Waals surface area contributed by atoms with Gasteiger partial charge in [-0.2, -0.15) is 0 Å². The van der Waals surface area contributed by atoms with Gasteiger partial charge in [0.25, 0.3) is 0 Å². The Morgan fingerprint density at radius 3 is 2.70 bits per heavy atom. The van der Waals surface area contributed by atoms with Gasteiger partial charge >= 0.3 is 0 Å². The van der Waals surface area contributed by atoms with E-state index in [2.05, 4.69) is 5.32 Å². The second-order valence-corrected chi connectivity index (χ2v) is 4.73. The van der Waals surface area contributed by atoms with Crippen molar-refractivity contribution in [1.29, 1.82) is 0 Å². The van der Waals surface area contributed by atoms with Gasteiger partial charge in [0.1, 0.15) is 11.5 Å². The first-order valence-corrected chi connectivity index (χ1v) is 6.51. The first kappa shape index (κ1) is 14.5. The Hall–Kier alpha value is -1.91. The highest BCUT2D eigenvalue weighted by molar-refractivity contribution is 6.32. The average molecular weight is 294 g/mol. The van der Waals surface area contributed by atoms with Crippen molar-refractivity contribution < 1.29 is 14.9 Å². The number of aliphatic hydroxyl groups is 1. The van der Waals surface area contributed by atoms with E-state index in [4.69, 9.17) is 16.3 Å². The predicted molar refractivity (Wildman–Crippen MR) is 79.6 cm³/mol. The lowest BCUT2D eigenvalue weighted by molar-refractivity contribution is 0.276. The number of aliphatic hydroxyl groups excluding tert-OH is 1. The maximum atomic E-state index is 9.53. The summed E-state index contributed by atoms with van der Waals surface area (Å²) < 4.78 is 5.15.